The molecule has 0 aliphatic heterocycles. The first-order chi connectivity index (χ1) is 5.43. The van der Waals surface area contributed by atoms with Crippen molar-refractivity contribution in [3.8, 4) is 0 Å². The average molecular weight is 274 g/mol. The third kappa shape index (κ3) is 1.97. The summed E-state index contributed by atoms with van der Waals surface area (Å²) in [6.07, 6.45) is 0. The van der Waals surface area contributed by atoms with Gasteiger partial charge in [0.05, 0.1) is 0 Å². The van der Waals surface area contributed by atoms with E-state index in [9.17, 15) is 12.8 Å². The molecule has 0 aliphatic carbocycles. The Morgan fingerprint density at radius 2 is 2.00 bits per heavy atom. The molecule has 6 heteroatoms. The molecule has 0 spiro atoms. The fraction of sp³-hybridized carbons (Fsp3) is 0. The van der Waals surface area contributed by atoms with Gasteiger partial charge in [-0.15, -0.1) is 0 Å². The minimum Gasteiger partial charge on any atom is -0.207 e. The van der Waals surface area contributed by atoms with Crippen LogP contribution in [-0.2, 0) is 9.05 Å². The molecule has 12 heavy (non-hydrogen) atoms. The third-order valence-electron chi connectivity index (χ3n) is 1.16. The first-order valence-corrected chi connectivity index (χ1v) is 5.92. The summed E-state index contributed by atoms with van der Waals surface area (Å²) in [6.45, 7) is 0. The van der Waals surface area contributed by atoms with Crippen molar-refractivity contribution in [1.82, 2.24) is 0 Å². The Balaban J connectivity index is 3.53. The predicted octanol–water partition coefficient (Wildman–Crippen LogP) is 2.52. The maximum Gasteiger partial charge on any atom is 0.265 e. The van der Waals surface area contributed by atoms with Gasteiger partial charge in [-0.2, -0.15) is 0 Å². The van der Waals surface area contributed by atoms with E-state index in [1.165, 1.54) is 12.1 Å². The van der Waals surface area contributed by atoms with Crippen LogP contribution in [0.15, 0.2) is 27.6 Å². The largest absolute Gasteiger partial charge is 0.265 e. The van der Waals surface area contributed by atoms with E-state index in [4.69, 9.17) is 10.7 Å². The minimum absolute atomic E-state index is 0.123. The lowest BCUT2D eigenvalue weighted by Gasteiger charge is -1.99. The Bertz CT molecular complexity index is 384. The highest BCUT2D eigenvalue weighted by atomic mass is 79.9. The summed E-state index contributed by atoms with van der Waals surface area (Å²) in [6, 6.07) is 3.81. The molecule has 1 aromatic carbocycles. The topological polar surface area (TPSA) is 34.1 Å². The number of benzene rings is 1. The zero-order valence-corrected chi connectivity index (χ0v) is 8.75. The monoisotopic (exact) mass is 272 g/mol. The number of halogens is 3. The van der Waals surface area contributed by atoms with E-state index in [-0.39, 0.29) is 4.47 Å². The maximum absolute atomic E-state index is 12.9. The van der Waals surface area contributed by atoms with E-state index in [0.29, 0.717) is 0 Å². The molecular weight excluding hydrogens is 270 g/mol. The van der Waals surface area contributed by atoms with E-state index in [1.54, 1.807) is 0 Å². The Hall–Kier alpha value is -0.130. The second-order valence-electron chi connectivity index (χ2n) is 1.99. The number of rotatable bonds is 1. The summed E-state index contributed by atoms with van der Waals surface area (Å²) >= 11 is 2.88. The molecular formula is C6H3BrClFO2S. The van der Waals surface area contributed by atoms with Crippen LogP contribution in [0.1, 0.15) is 0 Å². The normalized spacial score (nSPS) is 11.6. The highest BCUT2D eigenvalue weighted by Crippen LogP contribution is 2.27. The highest BCUT2D eigenvalue weighted by molar-refractivity contribution is 9.10. The molecule has 0 heterocycles. The van der Waals surface area contributed by atoms with Crippen molar-refractivity contribution < 1.29 is 12.8 Å². The highest BCUT2D eigenvalue weighted by Gasteiger charge is 2.18. The molecule has 0 amide bonds. The van der Waals surface area contributed by atoms with Gasteiger partial charge in [0.2, 0.25) is 0 Å². The summed E-state index contributed by atoms with van der Waals surface area (Å²) in [4.78, 5) is -0.522. The Morgan fingerprint density at radius 3 is 2.33 bits per heavy atom. The van der Waals surface area contributed by atoms with Crippen LogP contribution in [0.25, 0.3) is 0 Å². The van der Waals surface area contributed by atoms with Crippen LogP contribution < -0.4 is 0 Å². The first kappa shape index (κ1) is 9.95. The second-order valence-corrected chi connectivity index (χ2v) is 5.35. The standard InChI is InChI=1S/C6H3BrClFO2S/c7-4-2-1-3-5(9)6(4)12(8,10)11/h1-3H. The van der Waals surface area contributed by atoms with Crippen molar-refractivity contribution in [2.75, 3.05) is 0 Å². The molecule has 0 atom stereocenters. The second kappa shape index (κ2) is 3.32. The van der Waals surface area contributed by atoms with E-state index in [1.807, 2.05) is 0 Å². The molecule has 0 saturated carbocycles. The van der Waals surface area contributed by atoms with Gasteiger partial charge in [-0.05, 0) is 28.1 Å². The molecule has 0 aliphatic rings. The van der Waals surface area contributed by atoms with Gasteiger partial charge < -0.3 is 0 Å². The SMILES string of the molecule is O=S(=O)(Cl)c1c(F)cccc1Br. The van der Waals surface area contributed by atoms with Crippen LogP contribution >= 0.6 is 26.6 Å². The summed E-state index contributed by atoms with van der Waals surface area (Å²) in [5.74, 6) is -0.862. The lowest BCUT2D eigenvalue weighted by molar-refractivity contribution is 0.573. The van der Waals surface area contributed by atoms with Gasteiger partial charge in [-0.25, -0.2) is 12.8 Å². The van der Waals surface area contributed by atoms with Crippen LogP contribution in [0.2, 0.25) is 0 Å². The molecule has 0 bridgehead atoms. The summed E-state index contributed by atoms with van der Waals surface area (Å²) in [5, 5.41) is 0. The Kier molecular flexibility index (Phi) is 2.75. The molecule has 0 N–H and O–H groups in total. The van der Waals surface area contributed by atoms with Crippen molar-refractivity contribution in [3.63, 3.8) is 0 Å². The summed E-state index contributed by atoms with van der Waals surface area (Å²) < 4.78 is 34.5. The molecule has 0 saturated heterocycles. The van der Waals surface area contributed by atoms with Crippen molar-refractivity contribution >= 4 is 35.7 Å². The van der Waals surface area contributed by atoms with Crippen LogP contribution in [0.3, 0.4) is 0 Å². The van der Waals surface area contributed by atoms with E-state index in [2.05, 4.69) is 15.9 Å². The molecule has 0 unspecified atom stereocenters. The number of hydrogen-bond donors (Lipinski definition) is 0. The molecule has 66 valence electrons. The van der Waals surface area contributed by atoms with Gasteiger partial charge >= 0.3 is 0 Å². The molecule has 1 rings (SSSR count). The van der Waals surface area contributed by atoms with Crippen molar-refractivity contribution in [1.29, 1.82) is 0 Å². The van der Waals surface area contributed by atoms with Gasteiger partial charge in [0.1, 0.15) is 10.7 Å². The van der Waals surface area contributed by atoms with Gasteiger partial charge in [0.25, 0.3) is 9.05 Å². The van der Waals surface area contributed by atoms with Crippen molar-refractivity contribution in [2.24, 2.45) is 0 Å². The van der Waals surface area contributed by atoms with Crippen LogP contribution in [0, 0.1) is 5.82 Å². The Labute approximate surface area is 81.9 Å². The first-order valence-electron chi connectivity index (χ1n) is 2.81. The third-order valence-corrected chi connectivity index (χ3v) is 3.45. The number of hydrogen-bond acceptors (Lipinski definition) is 2. The Morgan fingerprint density at radius 1 is 1.42 bits per heavy atom. The molecule has 0 aromatic heterocycles. The van der Waals surface area contributed by atoms with E-state index >= 15 is 0 Å². The van der Waals surface area contributed by atoms with Crippen LogP contribution in [0.4, 0.5) is 4.39 Å². The molecule has 0 radical (unpaired) electrons. The minimum atomic E-state index is -4.01. The van der Waals surface area contributed by atoms with Crippen molar-refractivity contribution in [2.45, 2.75) is 4.90 Å². The van der Waals surface area contributed by atoms with Crippen molar-refractivity contribution in [3.05, 3.63) is 28.5 Å². The fourth-order valence-electron chi connectivity index (χ4n) is 0.715. The lowest BCUT2D eigenvalue weighted by Crippen LogP contribution is -1.96. The van der Waals surface area contributed by atoms with Gasteiger partial charge in [0, 0.05) is 15.2 Å². The quantitative estimate of drug-likeness (QED) is 0.737. The lowest BCUT2D eigenvalue weighted by atomic mass is 10.3. The zero-order chi connectivity index (χ0) is 9.35. The fourth-order valence-corrected chi connectivity index (χ4v) is 3.05. The van der Waals surface area contributed by atoms with Gasteiger partial charge in [-0.3, -0.25) is 0 Å². The van der Waals surface area contributed by atoms with Gasteiger partial charge in [0.15, 0.2) is 0 Å². The van der Waals surface area contributed by atoms with Gasteiger partial charge in [-0.1, -0.05) is 6.07 Å². The van der Waals surface area contributed by atoms with E-state index in [0.717, 1.165) is 6.07 Å². The molecule has 1 aromatic rings. The molecule has 2 nitrogen and oxygen atoms in total. The molecule has 0 fully saturated rings. The van der Waals surface area contributed by atoms with Crippen LogP contribution in [-0.4, -0.2) is 8.42 Å². The predicted molar refractivity (Wildman–Crippen MR) is 47.1 cm³/mol. The van der Waals surface area contributed by atoms with E-state index < -0.39 is 19.8 Å². The summed E-state index contributed by atoms with van der Waals surface area (Å²) in [5.41, 5.74) is 0. The summed E-state index contributed by atoms with van der Waals surface area (Å²) in [7, 11) is 0.958. The van der Waals surface area contributed by atoms with Crippen LogP contribution in [0.5, 0.6) is 0 Å². The maximum atomic E-state index is 12.9. The smallest absolute Gasteiger partial charge is 0.207 e. The zero-order valence-electron chi connectivity index (χ0n) is 5.59. The average Bonchev–Trinajstić information content (AvgIpc) is 1.82.